The monoisotopic (exact) mass is 718 g/mol. The fourth-order valence-corrected chi connectivity index (χ4v) is 9.83. The Morgan fingerprint density at radius 3 is 1.78 bits per heavy atom. The van der Waals surface area contributed by atoms with Gasteiger partial charge in [0.1, 0.15) is 5.69 Å². The lowest BCUT2D eigenvalue weighted by atomic mass is 10.1. The van der Waals surface area contributed by atoms with Crippen molar-refractivity contribution in [3.05, 3.63) is 182 Å². The zero-order chi connectivity index (χ0) is 36.0. The highest BCUT2D eigenvalue weighted by atomic mass is 32.1. The lowest BCUT2D eigenvalue weighted by molar-refractivity contribution is 1.08. The van der Waals surface area contributed by atoms with Gasteiger partial charge in [-0.2, -0.15) is 0 Å². The van der Waals surface area contributed by atoms with Crippen molar-refractivity contribution >= 4 is 86.2 Å². The third kappa shape index (κ3) is 4.51. The van der Waals surface area contributed by atoms with Crippen LogP contribution in [0.15, 0.2) is 182 Å². The Balaban J connectivity index is 1.19. The third-order valence-corrected chi connectivity index (χ3v) is 12.3. The van der Waals surface area contributed by atoms with Crippen molar-refractivity contribution in [1.29, 1.82) is 0 Å². The van der Waals surface area contributed by atoms with Gasteiger partial charge >= 0.3 is 0 Å². The molecule has 0 amide bonds. The van der Waals surface area contributed by atoms with E-state index in [9.17, 15) is 0 Å². The second kappa shape index (κ2) is 11.7. The molecule has 0 spiro atoms. The van der Waals surface area contributed by atoms with Crippen molar-refractivity contribution in [3.8, 4) is 33.9 Å². The van der Waals surface area contributed by atoms with E-state index in [1.807, 2.05) is 23.5 Å². The van der Waals surface area contributed by atoms with Crippen LogP contribution in [-0.4, -0.2) is 19.1 Å². The van der Waals surface area contributed by atoms with E-state index in [1.165, 1.54) is 52.8 Å². The van der Waals surface area contributed by atoms with Gasteiger partial charge in [-0.1, -0.05) is 121 Å². The number of hydrogen-bond acceptors (Lipinski definition) is 3. The van der Waals surface area contributed by atoms with Gasteiger partial charge in [-0.3, -0.25) is 4.57 Å². The molecule has 8 aromatic carbocycles. The van der Waals surface area contributed by atoms with Gasteiger partial charge in [0.15, 0.2) is 5.82 Å². The fraction of sp³-hybridized carbons (Fsp3) is 0. The Morgan fingerprint density at radius 2 is 0.945 bits per heavy atom. The molecule has 12 aromatic rings. The molecule has 5 heteroatoms. The molecule has 0 fully saturated rings. The summed E-state index contributed by atoms with van der Waals surface area (Å²) in [6.45, 7) is 0. The van der Waals surface area contributed by atoms with Gasteiger partial charge in [-0.25, -0.2) is 9.97 Å². The Hall–Kier alpha value is -7.08. The van der Waals surface area contributed by atoms with Gasteiger partial charge in [0, 0.05) is 47.6 Å². The number of hydrogen-bond donors (Lipinski definition) is 0. The molecule has 256 valence electrons. The van der Waals surface area contributed by atoms with E-state index < -0.39 is 0 Å². The number of rotatable bonds is 4. The summed E-state index contributed by atoms with van der Waals surface area (Å²) in [5.74, 6) is 0.820. The number of para-hydroxylation sites is 3. The predicted molar refractivity (Wildman–Crippen MR) is 232 cm³/mol. The van der Waals surface area contributed by atoms with Crippen LogP contribution in [0.25, 0.3) is 109 Å². The fourth-order valence-electron chi connectivity index (χ4n) is 8.68. The van der Waals surface area contributed by atoms with Crippen LogP contribution in [0.3, 0.4) is 0 Å². The van der Waals surface area contributed by atoms with Crippen LogP contribution in [0.2, 0.25) is 0 Å². The first-order valence-electron chi connectivity index (χ1n) is 18.6. The first-order valence-corrected chi connectivity index (χ1v) is 19.4. The van der Waals surface area contributed by atoms with Crippen molar-refractivity contribution in [2.24, 2.45) is 0 Å². The van der Waals surface area contributed by atoms with E-state index in [1.54, 1.807) is 0 Å². The molecule has 0 aliphatic heterocycles. The van der Waals surface area contributed by atoms with Crippen molar-refractivity contribution < 1.29 is 0 Å². The molecule has 12 rings (SSSR count). The Labute approximate surface area is 319 Å². The summed E-state index contributed by atoms with van der Waals surface area (Å²) in [7, 11) is 0. The second-order valence-electron chi connectivity index (χ2n) is 14.2. The van der Waals surface area contributed by atoms with Gasteiger partial charge in [0.25, 0.3) is 0 Å². The second-order valence-corrected chi connectivity index (χ2v) is 15.2. The summed E-state index contributed by atoms with van der Waals surface area (Å²) in [4.78, 5) is 10.9. The maximum Gasteiger partial charge on any atom is 0.165 e. The van der Waals surface area contributed by atoms with Crippen LogP contribution in [0.5, 0.6) is 0 Å². The Morgan fingerprint density at radius 1 is 0.364 bits per heavy atom. The van der Waals surface area contributed by atoms with Gasteiger partial charge in [-0.05, 0) is 77.2 Å². The summed E-state index contributed by atoms with van der Waals surface area (Å²) in [6, 6.07) is 65.4. The summed E-state index contributed by atoms with van der Waals surface area (Å²) >= 11 is 1.83. The molecule has 0 atom stereocenters. The van der Waals surface area contributed by atoms with Crippen molar-refractivity contribution in [3.63, 3.8) is 0 Å². The minimum atomic E-state index is 0.820. The van der Waals surface area contributed by atoms with Gasteiger partial charge in [-0.15, -0.1) is 11.3 Å². The highest BCUT2D eigenvalue weighted by molar-refractivity contribution is 7.25. The molecule has 0 aliphatic rings. The van der Waals surface area contributed by atoms with E-state index in [0.29, 0.717) is 0 Å². The number of thiophene rings is 1. The topological polar surface area (TPSA) is 35.6 Å². The number of benzene rings is 8. The van der Waals surface area contributed by atoms with Crippen LogP contribution >= 0.6 is 11.3 Å². The molecule has 0 saturated carbocycles. The minimum Gasteiger partial charge on any atom is -0.309 e. The molecule has 0 unspecified atom stereocenters. The molecule has 0 saturated heterocycles. The van der Waals surface area contributed by atoms with Crippen LogP contribution in [0.4, 0.5) is 0 Å². The lowest BCUT2D eigenvalue weighted by Crippen LogP contribution is -2.04. The molecule has 0 aliphatic carbocycles. The zero-order valence-corrected chi connectivity index (χ0v) is 30.3. The van der Waals surface area contributed by atoms with Crippen LogP contribution in [0, 0.1) is 0 Å². The molecule has 0 N–H and O–H groups in total. The van der Waals surface area contributed by atoms with Crippen LogP contribution < -0.4 is 0 Å². The molecule has 4 heterocycles. The summed E-state index contributed by atoms with van der Waals surface area (Å²) < 4.78 is 7.31. The summed E-state index contributed by atoms with van der Waals surface area (Å²) in [6.07, 6.45) is 0. The average Bonchev–Trinajstić information content (AvgIpc) is 3.76. The van der Waals surface area contributed by atoms with Gasteiger partial charge < -0.3 is 4.57 Å². The summed E-state index contributed by atoms with van der Waals surface area (Å²) in [5.41, 5.74) is 11.6. The maximum absolute atomic E-state index is 5.47. The highest BCUT2D eigenvalue weighted by Crippen LogP contribution is 2.44. The average molecular weight is 719 g/mol. The molecule has 0 radical (unpaired) electrons. The number of aromatic nitrogens is 4. The highest BCUT2D eigenvalue weighted by Gasteiger charge is 2.24. The minimum absolute atomic E-state index is 0.820. The maximum atomic E-state index is 5.47. The normalized spacial score (nSPS) is 12.0. The standard InChI is InChI=1S/C50H30N4S/c1-2-12-31(13-3-1)32-24-27-34(28-25-32)53-41-19-8-4-14-35(41)38-16-10-20-42-47(38)48-43(53)21-11-22-44(48)54(42)50-49(51-39-17-6-7-18-40(39)52-50)33-26-29-37-36-15-5-9-23-45(36)55-46(37)30-33/h1-30H. The molecule has 4 nitrogen and oxygen atoms in total. The number of fused-ring (bicyclic) bond motifs is 6. The molecule has 0 bridgehead atoms. The largest absolute Gasteiger partial charge is 0.309 e. The van der Waals surface area contributed by atoms with E-state index >= 15 is 0 Å². The lowest BCUT2D eigenvalue weighted by Gasteiger charge is -2.15. The molecular formula is C50H30N4S. The van der Waals surface area contributed by atoms with Gasteiger partial charge in [0.05, 0.1) is 33.1 Å². The smallest absolute Gasteiger partial charge is 0.165 e. The van der Waals surface area contributed by atoms with E-state index in [2.05, 4.69) is 179 Å². The first-order chi connectivity index (χ1) is 27.3. The first kappa shape index (κ1) is 30.4. The number of nitrogens with zero attached hydrogens (tertiary/aromatic N) is 4. The van der Waals surface area contributed by atoms with Crippen LogP contribution in [-0.2, 0) is 0 Å². The van der Waals surface area contributed by atoms with Crippen molar-refractivity contribution in [2.45, 2.75) is 0 Å². The molecular weight excluding hydrogens is 689 g/mol. The molecule has 55 heavy (non-hydrogen) atoms. The van der Waals surface area contributed by atoms with Crippen LogP contribution in [0.1, 0.15) is 0 Å². The summed E-state index contributed by atoms with van der Waals surface area (Å²) in [5, 5.41) is 7.35. The SMILES string of the molecule is c1ccc(-c2ccc(-n3c4ccccc4c4cccc5c4c4c3cccc4n5-c3nc4ccccc4nc3-c3ccc4c(c3)sc3ccccc34)cc2)cc1. The van der Waals surface area contributed by atoms with Crippen molar-refractivity contribution in [1.82, 2.24) is 19.1 Å². The molecule has 4 aromatic heterocycles. The predicted octanol–water partition coefficient (Wildman–Crippen LogP) is 13.5. The van der Waals surface area contributed by atoms with E-state index in [0.717, 1.165) is 55.9 Å². The quantitative estimate of drug-likeness (QED) is 0.182. The third-order valence-electron chi connectivity index (χ3n) is 11.1. The van der Waals surface area contributed by atoms with E-state index in [-0.39, 0.29) is 0 Å². The Kier molecular flexibility index (Phi) is 6.47. The zero-order valence-electron chi connectivity index (χ0n) is 29.5. The van der Waals surface area contributed by atoms with Crippen molar-refractivity contribution in [2.75, 3.05) is 0 Å². The van der Waals surface area contributed by atoms with E-state index in [4.69, 9.17) is 9.97 Å². The Bertz CT molecular complexity index is 3480. The van der Waals surface area contributed by atoms with Gasteiger partial charge in [0.2, 0.25) is 0 Å².